The number of nitrogens with zero attached hydrogens (tertiary/aromatic N) is 2. The Morgan fingerprint density at radius 2 is 1.64 bits per heavy atom. The summed E-state index contributed by atoms with van der Waals surface area (Å²) in [7, 11) is 0. The van der Waals surface area contributed by atoms with Gasteiger partial charge in [-0.15, -0.1) is 0 Å². The Labute approximate surface area is 131 Å². The van der Waals surface area contributed by atoms with Gasteiger partial charge in [0, 0.05) is 6.92 Å². The van der Waals surface area contributed by atoms with Crippen molar-refractivity contribution in [1.82, 2.24) is 0 Å². The maximum Gasteiger partial charge on any atom is 0.308 e. The first-order valence-corrected chi connectivity index (χ1v) is 7.05. The van der Waals surface area contributed by atoms with Crippen molar-refractivity contribution in [2.24, 2.45) is 11.5 Å². The molecule has 0 saturated heterocycles. The molecule has 1 aliphatic heterocycles. The highest BCUT2D eigenvalue weighted by molar-refractivity contribution is 8.06. The van der Waals surface area contributed by atoms with Gasteiger partial charge in [0.25, 0.3) is 0 Å². The van der Waals surface area contributed by atoms with Crippen LogP contribution in [0.15, 0.2) is 45.5 Å². The largest absolute Gasteiger partial charge is 0.427 e. The summed E-state index contributed by atoms with van der Waals surface area (Å²) in [6, 6.07) is 10.6. The van der Waals surface area contributed by atoms with E-state index in [4.69, 9.17) is 16.2 Å². The third-order valence-corrected chi connectivity index (χ3v) is 3.92. The van der Waals surface area contributed by atoms with E-state index in [0.717, 1.165) is 11.8 Å². The smallest absolute Gasteiger partial charge is 0.308 e. The van der Waals surface area contributed by atoms with Gasteiger partial charge in [-0.25, -0.2) is 0 Å². The van der Waals surface area contributed by atoms with Gasteiger partial charge in [-0.3, -0.25) is 4.79 Å². The van der Waals surface area contributed by atoms with Crippen molar-refractivity contribution in [2.75, 3.05) is 0 Å². The Kier molecular flexibility index (Phi) is 4.40. The van der Waals surface area contributed by atoms with Crippen LogP contribution in [0.2, 0.25) is 0 Å². The second-order valence-electron chi connectivity index (χ2n) is 4.48. The average Bonchev–Trinajstić information content (AvgIpc) is 2.47. The molecule has 110 valence electrons. The third-order valence-electron chi connectivity index (χ3n) is 3.04. The minimum atomic E-state index is -0.609. The highest BCUT2D eigenvalue weighted by atomic mass is 32.2. The molecule has 0 atom stereocenters. The van der Waals surface area contributed by atoms with E-state index in [2.05, 4.69) is 0 Å². The van der Waals surface area contributed by atoms with Crippen molar-refractivity contribution in [2.45, 2.75) is 12.8 Å². The zero-order valence-electron chi connectivity index (χ0n) is 11.7. The van der Waals surface area contributed by atoms with Crippen LogP contribution in [0.3, 0.4) is 0 Å². The molecule has 7 heteroatoms. The minimum Gasteiger partial charge on any atom is -0.427 e. The Morgan fingerprint density at radius 3 is 2.05 bits per heavy atom. The van der Waals surface area contributed by atoms with Crippen LogP contribution in [0.1, 0.15) is 18.4 Å². The molecular formula is C15H12N4O2S. The van der Waals surface area contributed by atoms with E-state index in [1.54, 1.807) is 24.3 Å². The van der Waals surface area contributed by atoms with Gasteiger partial charge in [0.2, 0.25) is 0 Å². The lowest BCUT2D eigenvalue weighted by Gasteiger charge is -2.23. The number of carbonyl (C=O) groups excluding carboxylic acids is 1. The lowest BCUT2D eigenvalue weighted by Crippen LogP contribution is -2.18. The normalized spacial score (nSPS) is 15.2. The molecule has 0 aromatic heterocycles. The molecule has 0 amide bonds. The van der Waals surface area contributed by atoms with Gasteiger partial charge in [0.1, 0.15) is 5.75 Å². The fourth-order valence-corrected chi connectivity index (χ4v) is 2.91. The molecule has 0 bridgehead atoms. The van der Waals surface area contributed by atoms with Crippen molar-refractivity contribution in [1.29, 1.82) is 10.5 Å². The number of nitrogens with two attached hydrogens (primary N) is 2. The molecule has 0 spiro atoms. The molecule has 22 heavy (non-hydrogen) atoms. The molecule has 1 aromatic carbocycles. The molecule has 1 aliphatic rings. The molecular weight excluding hydrogens is 300 g/mol. The summed E-state index contributed by atoms with van der Waals surface area (Å²) in [4.78, 5) is 10.9. The first kappa shape index (κ1) is 15.5. The monoisotopic (exact) mass is 312 g/mol. The lowest BCUT2D eigenvalue weighted by molar-refractivity contribution is -0.131. The van der Waals surface area contributed by atoms with E-state index in [9.17, 15) is 15.3 Å². The van der Waals surface area contributed by atoms with Gasteiger partial charge in [-0.1, -0.05) is 23.9 Å². The van der Waals surface area contributed by atoms with E-state index in [1.165, 1.54) is 6.92 Å². The quantitative estimate of drug-likeness (QED) is 0.630. The molecule has 0 radical (unpaired) electrons. The summed E-state index contributed by atoms with van der Waals surface area (Å²) in [6.07, 6.45) is 0. The zero-order chi connectivity index (χ0) is 16.3. The van der Waals surface area contributed by atoms with Crippen molar-refractivity contribution in [3.63, 3.8) is 0 Å². The molecule has 0 fully saturated rings. The van der Waals surface area contributed by atoms with Crippen molar-refractivity contribution < 1.29 is 9.53 Å². The molecule has 4 N–H and O–H groups in total. The fourth-order valence-electron chi connectivity index (χ4n) is 2.12. The summed E-state index contributed by atoms with van der Waals surface area (Å²) in [5.41, 5.74) is 12.9. The van der Waals surface area contributed by atoms with Crippen molar-refractivity contribution in [3.8, 4) is 17.9 Å². The summed E-state index contributed by atoms with van der Waals surface area (Å²) in [5.74, 6) is -0.652. The summed E-state index contributed by atoms with van der Waals surface area (Å²) < 4.78 is 4.96. The van der Waals surface area contributed by atoms with Crippen LogP contribution in [-0.2, 0) is 4.79 Å². The predicted molar refractivity (Wildman–Crippen MR) is 81.7 cm³/mol. The van der Waals surface area contributed by atoms with Gasteiger partial charge >= 0.3 is 5.97 Å². The number of ether oxygens (including phenoxy) is 1. The average molecular weight is 312 g/mol. The molecule has 0 saturated carbocycles. The number of rotatable bonds is 2. The number of nitriles is 2. The number of hydrogen-bond donors (Lipinski definition) is 2. The zero-order valence-corrected chi connectivity index (χ0v) is 12.5. The van der Waals surface area contributed by atoms with Crippen molar-refractivity contribution >= 4 is 17.7 Å². The van der Waals surface area contributed by atoms with E-state index in [-0.39, 0.29) is 21.2 Å². The van der Waals surface area contributed by atoms with Crippen molar-refractivity contribution in [3.05, 3.63) is 51.0 Å². The van der Waals surface area contributed by atoms with Gasteiger partial charge in [-0.05, 0) is 17.7 Å². The maximum atomic E-state index is 10.9. The number of allylic oxidation sites excluding steroid dienone is 2. The Hall–Kier alpha value is -2.90. The number of carbonyl (C=O) groups is 1. The van der Waals surface area contributed by atoms with Gasteiger partial charge in [-0.2, -0.15) is 10.5 Å². The number of thioether (sulfide) groups is 1. The minimum absolute atomic E-state index is 0.285. The standard InChI is InChI=1S/C15H12N4O2S/c1-8(20)21-10-4-2-9(3-5-10)13-11(6-16)14(18)22-15(19)12(13)7-17/h2-5,13H,18-19H2,1H3. The van der Waals surface area contributed by atoms with Gasteiger partial charge < -0.3 is 16.2 Å². The first-order valence-electron chi connectivity index (χ1n) is 6.23. The summed E-state index contributed by atoms with van der Waals surface area (Å²) in [5, 5.41) is 19.2. The van der Waals surface area contributed by atoms with E-state index in [1.807, 2.05) is 12.1 Å². The predicted octanol–water partition coefficient (Wildman–Crippen LogP) is 1.83. The van der Waals surface area contributed by atoms with E-state index in [0.29, 0.717) is 11.3 Å². The van der Waals surface area contributed by atoms with Gasteiger partial charge in [0.05, 0.1) is 39.3 Å². The lowest BCUT2D eigenvalue weighted by atomic mass is 9.86. The first-order chi connectivity index (χ1) is 10.5. The SMILES string of the molecule is CC(=O)Oc1ccc(C2C(C#N)=C(N)SC(N)=C2C#N)cc1. The topological polar surface area (TPSA) is 126 Å². The Morgan fingerprint density at radius 1 is 1.14 bits per heavy atom. The summed E-state index contributed by atoms with van der Waals surface area (Å²) >= 11 is 1.02. The fraction of sp³-hybridized carbons (Fsp3) is 0.133. The molecule has 1 aromatic rings. The Balaban J connectivity index is 2.47. The molecule has 1 heterocycles. The van der Waals surface area contributed by atoms with Crippen LogP contribution in [0, 0.1) is 22.7 Å². The molecule has 2 rings (SSSR count). The Bertz CT molecular complexity index is 730. The van der Waals surface area contributed by atoms with E-state index < -0.39 is 11.9 Å². The second-order valence-corrected chi connectivity index (χ2v) is 5.56. The van der Waals surface area contributed by atoms with Crippen LogP contribution in [0.25, 0.3) is 0 Å². The molecule has 0 aliphatic carbocycles. The van der Waals surface area contributed by atoms with Gasteiger partial charge in [0.15, 0.2) is 0 Å². The second kappa shape index (κ2) is 6.25. The van der Waals surface area contributed by atoms with Crippen LogP contribution in [0.5, 0.6) is 5.75 Å². The third kappa shape index (κ3) is 2.90. The summed E-state index contributed by atoms with van der Waals surface area (Å²) in [6.45, 7) is 1.31. The highest BCUT2D eigenvalue weighted by Gasteiger charge is 2.31. The maximum absolute atomic E-state index is 10.9. The molecule has 6 nitrogen and oxygen atoms in total. The number of benzene rings is 1. The van der Waals surface area contributed by atoms with Crippen LogP contribution in [0.4, 0.5) is 0 Å². The van der Waals surface area contributed by atoms with Crippen LogP contribution in [-0.4, -0.2) is 5.97 Å². The van der Waals surface area contributed by atoms with E-state index >= 15 is 0 Å². The number of esters is 1. The highest BCUT2D eigenvalue weighted by Crippen LogP contribution is 2.42. The molecule has 0 unspecified atom stereocenters. The number of hydrogen-bond acceptors (Lipinski definition) is 7. The van der Waals surface area contributed by atoms with Crippen LogP contribution >= 0.6 is 11.8 Å². The van der Waals surface area contributed by atoms with Crippen LogP contribution < -0.4 is 16.2 Å².